The number of thioether (sulfide) groups is 1. The van der Waals surface area contributed by atoms with Crippen LogP contribution in [0.2, 0.25) is 0 Å². The van der Waals surface area contributed by atoms with Crippen molar-refractivity contribution in [1.82, 2.24) is 15.2 Å². The summed E-state index contributed by atoms with van der Waals surface area (Å²) >= 11 is 8.91. The number of nitrogens with zero attached hydrogens (tertiary/aromatic N) is 3. The summed E-state index contributed by atoms with van der Waals surface area (Å²) in [7, 11) is 1.56. The summed E-state index contributed by atoms with van der Waals surface area (Å²) in [5.74, 6) is -1.88. The summed E-state index contributed by atoms with van der Waals surface area (Å²) < 4.78 is 17.0. The number of amides is 2. The number of carbonyl (C=O) groups excluding carboxylic acids is 4. The molecular formula is C56H48ClN5O8S2. The van der Waals surface area contributed by atoms with Crippen LogP contribution in [0.25, 0.3) is 0 Å². The van der Waals surface area contributed by atoms with Crippen LogP contribution in [0.3, 0.4) is 0 Å². The highest BCUT2D eigenvalue weighted by Crippen LogP contribution is 2.43. The Labute approximate surface area is 429 Å². The van der Waals surface area contributed by atoms with Crippen molar-refractivity contribution in [2.24, 2.45) is 5.16 Å². The maximum atomic E-state index is 14.7. The lowest BCUT2D eigenvalue weighted by molar-refractivity contribution is -0.160. The van der Waals surface area contributed by atoms with Crippen molar-refractivity contribution >= 4 is 69.3 Å². The van der Waals surface area contributed by atoms with E-state index in [0.717, 1.165) is 27.8 Å². The van der Waals surface area contributed by atoms with Gasteiger partial charge in [-0.1, -0.05) is 169 Å². The maximum Gasteiger partial charge on any atom is 0.355 e. The van der Waals surface area contributed by atoms with Gasteiger partial charge in [0.25, 0.3) is 11.8 Å². The maximum absolute atomic E-state index is 14.7. The molecule has 1 saturated heterocycles. The first-order chi connectivity index (χ1) is 35.2. The first kappa shape index (κ1) is 49.3. The number of anilines is 1. The van der Waals surface area contributed by atoms with E-state index in [0.29, 0.717) is 27.8 Å². The number of hydrogen-bond acceptors (Lipinski definition) is 13. The number of benzene rings is 6. The second-order valence-electron chi connectivity index (χ2n) is 16.7. The Morgan fingerprint density at radius 2 is 1.33 bits per heavy atom. The van der Waals surface area contributed by atoms with Gasteiger partial charge in [0.15, 0.2) is 16.9 Å². The van der Waals surface area contributed by atoms with Crippen LogP contribution >= 0.6 is 34.7 Å². The number of nitrogens with one attached hydrogen (secondary N) is 2. The summed E-state index contributed by atoms with van der Waals surface area (Å²) in [5, 5.41) is 12.3. The minimum Gasteiger partial charge on any atom is -0.497 e. The number of alkyl halides is 1. The third-order valence-corrected chi connectivity index (χ3v) is 14.6. The number of carbonyl (C=O) groups is 4. The van der Waals surface area contributed by atoms with E-state index in [1.807, 2.05) is 152 Å². The van der Waals surface area contributed by atoms with Crippen molar-refractivity contribution in [2.75, 3.05) is 24.1 Å². The van der Waals surface area contributed by atoms with Crippen LogP contribution in [0.4, 0.5) is 5.13 Å². The first-order valence-corrected chi connectivity index (χ1v) is 25.4. The number of rotatable bonds is 19. The average molecular weight is 1020 g/mol. The standard InChI is InChI=1S/C56H48ClN5O8S2/c1-36(53(65)69-49(38-18-8-3-9-19-38)39-20-10-4-11-21-39)70-61-46(45-35-72-55(58-45)60-56(41-22-12-5-13-23-41,42-24-14-6-15-25-42)43-26-16-7-17-27-43)50(63)59-47-51(64)62-48(40(32-57)34-71-52(47)62)54(66)68-33-37-28-30-44(67-2)31-29-37/h3-31,35-36,47,49,52H,32-34H2,1-2H3,(H,58,60)(H,59,63)/b61-46-/t36-,47+,52?/m0/s1. The van der Waals surface area contributed by atoms with Crippen LogP contribution in [0.1, 0.15) is 52.1 Å². The van der Waals surface area contributed by atoms with Crippen LogP contribution in [0.5, 0.6) is 5.75 Å². The third-order valence-electron chi connectivity index (χ3n) is 12.2. The molecule has 7 aromatic rings. The van der Waals surface area contributed by atoms with E-state index >= 15 is 0 Å². The number of hydrogen-bond donors (Lipinski definition) is 2. The highest BCUT2D eigenvalue weighted by Gasteiger charge is 2.55. The summed E-state index contributed by atoms with van der Waals surface area (Å²) in [4.78, 5) is 68.5. The Kier molecular flexibility index (Phi) is 15.4. The van der Waals surface area contributed by atoms with Gasteiger partial charge < -0.3 is 29.7 Å². The molecule has 2 N–H and O–H groups in total. The molecule has 2 aliphatic rings. The number of oxime groups is 1. The van der Waals surface area contributed by atoms with Gasteiger partial charge in [-0.2, -0.15) is 0 Å². The molecule has 2 aliphatic heterocycles. The lowest BCUT2D eigenvalue weighted by Crippen LogP contribution is -2.71. The zero-order valence-electron chi connectivity index (χ0n) is 39.1. The molecule has 6 aromatic carbocycles. The molecule has 0 aliphatic carbocycles. The third kappa shape index (κ3) is 10.5. The normalized spacial score (nSPS) is 16.0. The second kappa shape index (κ2) is 22.6. The van der Waals surface area contributed by atoms with Gasteiger partial charge in [-0.3, -0.25) is 14.5 Å². The van der Waals surface area contributed by atoms with Gasteiger partial charge in [0.2, 0.25) is 6.10 Å². The zero-order chi connectivity index (χ0) is 50.0. The number of β-lactam (4-membered cyclic amide) rings is 1. The molecule has 72 heavy (non-hydrogen) atoms. The number of halogens is 1. The number of thiazole rings is 1. The molecule has 1 aromatic heterocycles. The molecule has 3 heterocycles. The highest BCUT2D eigenvalue weighted by molar-refractivity contribution is 8.00. The molecular weight excluding hydrogens is 970 g/mol. The van der Waals surface area contributed by atoms with Gasteiger partial charge in [0.05, 0.1) is 7.11 Å². The molecule has 364 valence electrons. The minimum absolute atomic E-state index is 0.0139. The average Bonchev–Trinajstić information content (AvgIpc) is 3.90. The molecule has 13 nitrogen and oxygen atoms in total. The number of esters is 2. The van der Waals surface area contributed by atoms with Crippen molar-refractivity contribution in [3.63, 3.8) is 0 Å². The van der Waals surface area contributed by atoms with Crippen LogP contribution < -0.4 is 15.4 Å². The van der Waals surface area contributed by atoms with E-state index in [-0.39, 0.29) is 29.6 Å². The lowest BCUT2D eigenvalue weighted by Gasteiger charge is -2.49. The van der Waals surface area contributed by atoms with Crippen molar-refractivity contribution in [3.8, 4) is 5.75 Å². The van der Waals surface area contributed by atoms with Gasteiger partial charge in [-0.15, -0.1) is 34.7 Å². The van der Waals surface area contributed by atoms with Gasteiger partial charge >= 0.3 is 11.9 Å². The Morgan fingerprint density at radius 1 is 0.792 bits per heavy atom. The molecule has 2 amide bonds. The Balaban J connectivity index is 1.01. The number of aromatic nitrogens is 1. The molecule has 0 saturated carbocycles. The molecule has 1 unspecified atom stereocenters. The topological polar surface area (TPSA) is 158 Å². The minimum atomic E-state index is -1.30. The summed E-state index contributed by atoms with van der Waals surface area (Å²) in [5.41, 5.74) is 4.39. The summed E-state index contributed by atoms with van der Waals surface area (Å²) in [6.45, 7) is 1.42. The van der Waals surface area contributed by atoms with E-state index in [1.54, 1.807) is 36.8 Å². The molecule has 1 fully saturated rings. The van der Waals surface area contributed by atoms with Crippen molar-refractivity contribution < 1.29 is 38.2 Å². The van der Waals surface area contributed by atoms with E-state index in [9.17, 15) is 19.2 Å². The van der Waals surface area contributed by atoms with E-state index < -0.39 is 52.9 Å². The van der Waals surface area contributed by atoms with E-state index in [1.165, 1.54) is 34.9 Å². The van der Waals surface area contributed by atoms with Crippen molar-refractivity contribution in [2.45, 2.75) is 42.7 Å². The molecule has 9 rings (SSSR count). The van der Waals surface area contributed by atoms with Crippen molar-refractivity contribution in [1.29, 1.82) is 0 Å². The smallest absolute Gasteiger partial charge is 0.355 e. The fraction of sp³-hybridized carbons (Fsp3) is 0.179. The molecule has 0 bridgehead atoms. The zero-order valence-corrected chi connectivity index (χ0v) is 41.4. The van der Waals surface area contributed by atoms with Crippen LogP contribution in [0.15, 0.2) is 198 Å². The summed E-state index contributed by atoms with van der Waals surface area (Å²) in [6.07, 6.45) is -2.07. The molecule has 16 heteroatoms. The SMILES string of the molecule is COc1ccc(COC(=O)C2=C(CCl)CSC3[C@H](NC(=O)/C(=N\O[C@@H](C)C(=O)OC(c4ccccc4)c4ccccc4)c4csc(NC(c5ccccc5)(c5ccccc5)c5ccccc5)n4)C(=O)N23)cc1. The number of ether oxygens (including phenoxy) is 3. The van der Waals surface area contributed by atoms with Gasteiger partial charge in [-0.05, 0) is 58.0 Å². The molecule has 0 radical (unpaired) electrons. The fourth-order valence-electron chi connectivity index (χ4n) is 8.48. The lowest BCUT2D eigenvalue weighted by atomic mass is 9.77. The van der Waals surface area contributed by atoms with Gasteiger partial charge in [0.1, 0.15) is 40.7 Å². The monoisotopic (exact) mass is 1020 g/mol. The van der Waals surface area contributed by atoms with Crippen molar-refractivity contribution in [3.05, 3.63) is 232 Å². The Hall–Kier alpha value is -7.72. The molecule has 3 atom stereocenters. The predicted molar refractivity (Wildman–Crippen MR) is 278 cm³/mol. The Bertz CT molecular complexity index is 2940. The van der Waals surface area contributed by atoms with Crippen LogP contribution in [0, 0.1) is 0 Å². The summed E-state index contributed by atoms with van der Waals surface area (Å²) in [6, 6.07) is 54.5. The second-order valence-corrected chi connectivity index (χ2v) is 18.9. The van der Waals surface area contributed by atoms with Crippen LogP contribution in [-0.4, -0.2) is 75.6 Å². The number of methoxy groups -OCH3 is 1. The highest BCUT2D eigenvalue weighted by atomic mass is 35.5. The van der Waals surface area contributed by atoms with Crippen LogP contribution in [-0.2, 0) is 45.6 Å². The Morgan fingerprint density at radius 3 is 1.86 bits per heavy atom. The number of fused-ring (bicyclic) bond motifs is 1. The fourth-order valence-corrected chi connectivity index (χ4v) is 10.9. The molecule has 0 spiro atoms. The van der Waals surface area contributed by atoms with E-state index in [2.05, 4.69) is 15.8 Å². The predicted octanol–water partition coefficient (Wildman–Crippen LogP) is 9.63. The van der Waals surface area contributed by atoms with Gasteiger partial charge in [-0.25, -0.2) is 14.6 Å². The first-order valence-electron chi connectivity index (χ1n) is 23.0. The quantitative estimate of drug-likeness (QED) is 0.0199. The van der Waals surface area contributed by atoms with E-state index in [4.69, 9.17) is 35.6 Å². The largest absolute Gasteiger partial charge is 0.497 e. The van der Waals surface area contributed by atoms with Gasteiger partial charge in [0, 0.05) is 17.0 Å².